The van der Waals surface area contributed by atoms with Crippen molar-refractivity contribution in [1.29, 1.82) is 0 Å². The number of benzene rings is 2. The van der Waals surface area contributed by atoms with Gasteiger partial charge in [-0.05, 0) is 47.0 Å². The van der Waals surface area contributed by atoms with Crippen molar-refractivity contribution < 1.29 is 4.42 Å². The van der Waals surface area contributed by atoms with Gasteiger partial charge >= 0.3 is 0 Å². The van der Waals surface area contributed by atoms with E-state index in [2.05, 4.69) is 52.5 Å². The highest BCUT2D eigenvalue weighted by Gasteiger charge is 2.16. The first-order valence-electron chi connectivity index (χ1n) is 6.87. The topological polar surface area (TPSA) is 51.2 Å². The molecule has 3 nitrogen and oxygen atoms in total. The molecule has 1 atom stereocenters. The average Bonchev–Trinajstić information content (AvgIpc) is 2.92. The molecule has 21 heavy (non-hydrogen) atoms. The van der Waals surface area contributed by atoms with E-state index in [0.717, 1.165) is 27.6 Å². The van der Waals surface area contributed by atoms with Gasteiger partial charge in [-0.15, -0.1) is 0 Å². The van der Waals surface area contributed by atoms with Crippen molar-refractivity contribution in [3.8, 4) is 0 Å². The number of rotatable bonds is 4. The van der Waals surface area contributed by atoms with Crippen molar-refractivity contribution in [2.24, 2.45) is 5.84 Å². The van der Waals surface area contributed by atoms with Crippen LogP contribution in [0.3, 0.4) is 0 Å². The van der Waals surface area contributed by atoms with E-state index in [0.29, 0.717) is 0 Å². The van der Waals surface area contributed by atoms with Crippen molar-refractivity contribution in [1.82, 2.24) is 5.43 Å². The van der Waals surface area contributed by atoms with Gasteiger partial charge in [0.05, 0.1) is 10.5 Å². The second-order valence-electron chi connectivity index (χ2n) is 5.22. The molecule has 0 aliphatic rings. The molecule has 1 aromatic heterocycles. The molecule has 1 unspecified atom stereocenters. The van der Waals surface area contributed by atoms with Crippen molar-refractivity contribution in [2.75, 3.05) is 0 Å². The third kappa shape index (κ3) is 3.02. The van der Waals surface area contributed by atoms with E-state index in [1.807, 2.05) is 24.3 Å². The first-order valence-corrected chi connectivity index (χ1v) is 7.66. The fourth-order valence-corrected chi connectivity index (χ4v) is 2.88. The van der Waals surface area contributed by atoms with E-state index in [1.54, 1.807) is 0 Å². The van der Waals surface area contributed by atoms with E-state index < -0.39 is 0 Å². The molecule has 0 bridgehead atoms. The minimum absolute atomic E-state index is 0.0491. The van der Waals surface area contributed by atoms with Crippen LogP contribution >= 0.6 is 15.9 Å². The average molecular weight is 345 g/mol. The molecule has 4 heteroatoms. The Morgan fingerprint density at radius 2 is 1.95 bits per heavy atom. The Hall–Kier alpha value is -1.62. The van der Waals surface area contributed by atoms with Gasteiger partial charge in [0.1, 0.15) is 11.3 Å². The van der Waals surface area contributed by atoms with Gasteiger partial charge in [-0.2, -0.15) is 0 Å². The molecule has 0 aliphatic heterocycles. The van der Waals surface area contributed by atoms with Crippen LogP contribution in [0.5, 0.6) is 0 Å². The van der Waals surface area contributed by atoms with Crippen LogP contribution in [0.4, 0.5) is 0 Å². The van der Waals surface area contributed by atoms with Crippen molar-refractivity contribution >= 4 is 26.9 Å². The quantitative estimate of drug-likeness (QED) is 0.549. The number of hydrogen-bond donors (Lipinski definition) is 2. The number of halogens is 1. The van der Waals surface area contributed by atoms with Gasteiger partial charge < -0.3 is 4.42 Å². The molecule has 3 aromatic rings. The van der Waals surface area contributed by atoms with Crippen LogP contribution in [0.1, 0.15) is 22.9 Å². The van der Waals surface area contributed by atoms with Gasteiger partial charge in [-0.3, -0.25) is 5.84 Å². The Kier molecular flexibility index (Phi) is 4.10. The van der Waals surface area contributed by atoms with Crippen LogP contribution in [0, 0.1) is 6.92 Å². The summed E-state index contributed by atoms with van der Waals surface area (Å²) in [4.78, 5) is 0. The maximum Gasteiger partial charge on any atom is 0.148 e. The Morgan fingerprint density at radius 1 is 1.19 bits per heavy atom. The molecule has 0 saturated heterocycles. The van der Waals surface area contributed by atoms with Crippen molar-refractivity contribution in [3.63, 3.8) is 0 Å². The van der Waals surface area contributed by atoms with Crippen LogP contribution in [-0.4, -0.2) is 0 Å². The summed E-state index contributed by atoms with van der Waals surface area (Å²) in [7, 11) is 0. The van der Waals surface area contributed by atoms with Crippen molar-refractivity contribution in [2.45, 2.75) is 19.4 Å². The highest BCUT2D eigenvalue weighted by atomic mass is 79.9. The highest BCUT2D eigenvalue weighted by molar-refractivity contribution is 9.10. The summed E-state index contributed by atoms with van der Waals surface area (Å²) in [6, 6.07) is 16.5. The molecule has 3 rings (SSSR count). The second-order valence-corrected chi connectivity index (χ2v) is 6.07. The number of hydrogen-bond acceptors (Lipinski definition) is 3. The van der Waals surface area contributed by atoms with Crippen molar-refractivity contribution in [3.05, 3.63) is 69.9 Å². The molecule has 0 saturated carbocycles. The summed E-state index contributed by atoms with van der Waals surface area (Å²) < 4.78 is 6.91. The van der Waals surface area contributed by atoms with E-state index in [-0.39, 0.29) is 6.04 Å². The van der Waals surface area contributed by atoms with Crippen LogP contribution in [0.15, 0.2) is 57.4 Å². The third-order valence-corrected chi connectivity index (χ3v) is 4.24. The number of para-hydroxylation sites is 1. The van der Waals surface area contributed by atoms with Crippen LogP contribution in [0.25, 0.3) is 11.0 Å². The molecular weight excluding hydrogens is 328 g/mol. The van der Waals surface area contributed by atoms with Crippen LogP contribution in [-0.2, 0) is 6.42 Å². The zero-order valence-corrected chi connectivity index (χ0v) is 13.4. The smallest absolute Gasteiger partial charge is 0.148 e. The van der Waals surface area contributed by atoms with E-state index in [1.165, 1.54) is 11.1 Å². The van der Waals surface area contributed by atoms with E-state index >= 15 is 0 Å². The number of nitrogens with two attached hydrogens (primary N) is 1. The minimum atomic E-state index is -0.0491. The molecule has 2 aromatic carbocycles. The lowest BCUT2D eigenvalue weighted by Gasteiger charge is -2.13. The summed E-state index contributed by atoms with van der Waals surface area (Å²) in [5.74, 6) is 6.57. The van der Waals surface area contributed by atoms with Crippen LogP contribution < -0.4 is 11.3 Å². The minimum Gasteiger partial charge on any atom is -0.458 e. The number of hydrazine groups is 1. The normalized spacial score (nSPS) is 12.7. The van der Waals surface area contributed by atoms with Gasteiger partial charge in [0, 0.05) is 5.39 Å². The molecule has 0 spiro atoms. The molecule has 0 aliphatic carbocycles. The molecule has 0 radical (unpaired) electrons. The molecule has 3 N–H and O–H groups in total. The van der Waals surface area contributed by atoms with Gasteiger partial charge in [-0.1, -0.05) is 42.0 Å². The molecule has 108 valence electrons. The summed E-state index contributed by atoms with van der Waals surface area (Å²) in [5, 5.41) is 1.07. The van der Waals surface area contributed by atoms with E-state index in [4.69, 9.17) is 10.3 Å². The molecule has 0 fully saturated rings. The summed E-state index contributed by atoms with van der Waals surface area (Å²) in [5.41, 5.74) is 6.19. The number of aryl methyl sites for hydroxylation is 1. The second kappa shape index (κ2) is 6.02. The Balaban J connectivity index is 1.90. The SMILES string of the molecule is Cc1ccc(CC(NN)c2cc3cccc(Br)c3o2)cc1. The first-order chi connectivity index (χ1) is 10.2. The summed E-state index contributed by atoms with van der Waals surface area (Å²) in [6.07, 6.45) is 0.786. The molecule has 1 heterocycles. The maximum absolute atomic E-state index is 5.96. The predicted molar refractivity (Wildman–Crippen MR) is 88.9 cm³/mol. The lowest BCUT2D eigenvalue weighted by atomic mass is 10.0. The number of nitrogens with one attached hydrogen (secondary N) is 1. The fourth-order valence-electron chi connectivity index (χ4n) is 2.42. The fraction of sp³-hybridized carbons (Fsp3) is 0.176. The zero-order valence-electron chi connectivity index (χ0n) is 11.8. The van der Waals surface area contributed by atoms with Gasteiger partial charge in [0.2, 0.25) is 0 Å². The number of fused-ring (bicyclic) bond motifs is 1. The van der Waals surface area contributed by atoms with Gasteiger partial charge in [-0.25, -0.2) is 5.43 Å². The van der Waals surface area contributed by atoms with Gasteiger partial charge in [0.15, 0.2) is 0 Å². The Morgan fingerprint density at radius 3 is 2.62 bits per heavy atom. The standard InChI is InChI=1S/C17H17BrN2O/c1-11-5-7-12(8-6-11)9-15(20-19)16-10-13-3-2-4-14(18)17(13)21-16/h2-8,10,15,20H,9,19H2,1H3. The van der Waals surface area contributed by atoms with Gasteiger partial charge in [0.25, 0.3) is 0 Å². The molecule has 0 amide bonds. The lowest BCUT2D eigenvalue weighted by molar-refractivity contribution is 0.434. The Labute approximate surface area is 132 Å². The maximum atomic E-state index is 5.96. The molecular formula is C17H17BrN2O. The summed E-state index contributed by atoms with van der Waals surface area (Å²) in [6.45, 7) is 2.08. The van der Waals surface area contributed by atoms with Crippen LogP contribution in [0.2, 0.25) is 0 Å². The Bertz CT molecular complexity index is 749. The monoisotopic (exact) mass is 344 g/mol. The zero-order chi connectivity index (χ0) is 14.8. The first kappa shape index (κ1) is 14.3. The third-order valence-electron chi connectivity index (χ3n) is 3.62. The van der Waals surface area contributed by atoms with E-state index in [9.17, 15) is 0 Å². The lowest BCUT2D eigenvalue weighted by Crippen LogP contribution is -2.29. The number of furan rings is 1. The largest absolute Gasteiger partial charge is 0.458 e. The predicted octanol–water partition coefficient (Wildman–Crippen LogP) is 4.25. The summed E-state index contributed by atoms with van der Waals surface area (Å²) >= 11 is 3.51. The highest BCUT2D eigenvalue weighted by Crippen LogP contribution is 2.30.